The van der Waals surface area contributed by atoms with Gasteiger partial charge in [-0.1, -0.05) is 6.42 Å². The van der Waals surface area contributed by atoms with E-state index < -0.39 is 10.0 Å². The van der Waals surface area contributed by atoms with Gasteiger partial charge in [0.25, 0.3) is 5.91 Å². The van der Waals surface area contributed by atoms with Crippen molar-refractivity contribution >= 4 is 15.9 Å². The molecule has 1 aromatic heterocycles. The van der Waals surface area contributed by atoms with Gasteiger partial charge in [-0.3, -0.25) is 4.79 Å². The number of aromatic nitrogens is 2. The summed E-state index contributed by atoms with van der Waals surface area (Å²) < 4.78 is 26.9. The van der Waals surface area contributed by atoms with Crippen LogP contribution in [0.2, 0.25) is 0 Å². The molecule has 2 rings (SSSR count). The third-order valence-corrected chi connectivity index (χ3v) is 4.22. The molecule has 8 heteroatoms. The van der Waals surface area contributed by atoms with Crippen LogP contribution in [0, 0.1) is 5.92 Å². The van der Waals surface area contributed by atoms with Crippen molar-refractivity contribution in [2.45, 2.75) is 25.3 Å². The van der Waals surface area contributed by atoms with E-state index in [-0.39, 0.29) is 17.9 Å². The summed E-state index contributed by atoms with van der Waals surface area (Å²) >= 11 is 0. The molecule has 0 spiro atoms. The zero-order valence-electron chi connectivity index (χ0n) is 11.7. The average Bonchev–Trinajstić information content (AvgIpc) is 2.93. The van der Waals surface area contributed by atoms with E-state index in [2.05, 4.69) is 15.0 Å². The van der Waals surface area contributed by atoms with Gasteiger partial charge < -0.3 is 9.88 Å². The van der Waals surface area contributed by atoms with Crippen LogP contribution in [0.3, 0.4) is 0 Å². The number of rotatable bonds is 5. The van der Waals surface area contributed by atoms with Crippen molar-refractivity contribution in [3.05, 3.63) is 18.2 Å². The minimum atomic E-state index is -3.21. The second-order valence-corrected chi connectivity index (χ2v) is 7.10. The van der Waals surface area contributed by atoms with Crippen molar-refractivity contribution in [1.29, 1.82) is 0 Å². The molecule has 1 aliphatic carbocycles. The summed E-state index contributed by atoms with van der Waals surface area (Å²) in [6, 6.07) is -0.0889. The van der Waals surface area contributed by atoms with Crippen LogP contribution in [-0.2, 0) is 17.1 Å². The fraction of sp³-hybridized carbons (Fsp3) is 0.667. The third-order valence-electron chi connectivity index (χ3n) is 3.49. The molecule has 0 aliphatic heterocycles. The second-order valence-electron chi connectivity index (χ2n) is 5.32. The molecule has 1 aromatic rings. The normalized spacial score (nSPS) is 22.9. The quantitative estimate of drug-likeness (QED) is 0.792. The number of aryl methyl sites for hydroxylation is 1. The van der Waals surface area contributed by atoms with Crippen molar-refractivity contribution in [2.24, 2.45) is 13.0 Å². The van der Waals surface area contributed by atoms with Crippen molar-refractivity contribution in [3.8, 4) is 0 Å². The maximum Gasteiger partial charge on any atom is 0.271 e. The first kappa shape index (κ1) is 15.0. The molecule has 2 atom stereocenters. The van der Waals surface area contributed by atoms with Crippen LogP contribution in [0.4, 0.5) is 0 Å². The molecule has 0 radical (unpaired) electrons. The Balaban J connectivity index is 1.88. The molecule has 0 bridgehead atoms. The lowest BCUT2D eigenvalue weighted by molar-refractivity contribution is 0.0941. The molecule has 20 heavy (non-hydrogen) atoms. The van der Waals surface area contributed by atoms with E-state index in [1.54, 1.807) is 24.1 Å². The summed E-state index contributed by atoms with van der Waals surface area (Å²) in [4.78, 5) is 15.9. The molecule has 0 aromatic carbocycles. The first-order chi connectivity index (χ1) is 9.35. The van der Waals surface area contributed by atoms with Gasteiger partial charge in [0.15, 0.2) is 0 Å². The Morgan fingerprint density at radius 1 is 1.50 bits per heavy atom. The number of hydrogen-bond acceptors (Lipinski definition) is 4. The van der Waals surface area contributed by atoms with E-state index in [0.29, 0.717) is 12.2 Å². The number of nitrogens with zero attached hydrogens (tertiary/aromatic N) is 2. The summed E-state index contributed by atoms with van der Waals surface area (Å²) in [6.07, 6.45) is 7.08. The number of sulfonamides is 1. The lowest BCUT2D eigenvalue weighted by Crippen LogP contribution is -2.41. The highest BCUT2D eigenvalue weighted by Gasteiger charge is 2.29. The van der Waals surface area contributed by atoms with Gasteiger partial charge >= 0.3 is 0 Å². The molecule has 1 fully saturated rings. The van der Waals surface area contributed by atoms with Crippen LogP contribution >= 0.6 is 0 Å². The Bertz CT molecular complexity index is 581. The lowest BCUT2D eigenvalue weighted by atomic mass is 10.0. The van der Waals surface area contributed by atoms with E-state index >= 15 is 0 Å². The third kappa shape index (κ3) is 4.04. The first-order valence-corrected chi connectivity index (χ1v) is 8.48. The Morgan fingerprint density at radius 2 is 2.25 bits per heavy atom. The fourth-order valence-electron chi connectivity index (χ4n) is 2.56. The second kappa shape index (κ2) is 5.92. The largest absolute Gasteiger partial charge is 0.350 e. The summed E-state index contributed by atoms with van der Waals surface area (Å²) in [5.41, 5.74) is 0.373. The average molecular weight is 300 g/mol. The van der Waals surface area contributed by atoms with Gasteiger partial charge in [0.2, 0.25) is 10.0 Å². The molecule has 0 saturated heterocycles. The minimum Gasteiger partial charge on any atom is -0.350 e. The predicted octanol–water partition coefficient (Wildman–Crippen LogP) is -0.132. The Hall–Kier alpha value is -1.41. The van der Waals surface area contributed by atoms with Crippen LogP contribution in [-0.4, -0.2) is 42.7 Å². The van der Waals surface area contributed by atoms with Crippen LogP contribution in [0.25, 0.3) is 0 Å². The lowest BCUT2D eigenvalue weighted by Gasteiger charge is -2.20. The van der Waals surface area contributed by atoms with Crippen LogP contribution in [0.5, 0.6) is 0 Å². The van der Waals surface area contributed by atoms with Crippen molar-refractivity contribution < 1.29 is 13.2 Å². The molecule has 112 valence electrons. The van der Waals surface area contributed by atoms with E-state index in [9.17, 15) is 13.2 Å². The van der Waals surface area contributed by atoms with Crippen LogP contribution in [0.15, 0.2) is 12.5 Å². The molecule has 1 heterocycles. The number of imidazole rings is 1. The summed E-state index contributed by atoms with van der Waals surface area (Å²) in [5.74, 6) is -0.0898. The molecule has 1 aliphatic rings. The van der Waals surface area contributed by atoms with Gasteiger partial charge in [-0.2, -0.15) is 0 Å². The number of amides is 1. The number of hydrogen-bond donors (Lipinski definition) is 2. The van der Waals surface area contributed by atoms with Crippen LogP contribution in [0.1, 0.15) is 29.8 Å². The highest BCUT2D eigenvalue weighted by molar-refractivity contribution is 7.88. The highest BCUT2D eigenvalue weighted by Crippen LogP contribution is 2.25. The van der Waals surface area contributed by atoms with Gasteiger partial charge in [-0.05, 0) is 18.8 Å². The van der Waals surface area contributed by atoms with Gasteiger partial charge in [0.1, 0.15) is 5.69 Å². The fourth-order valence-corrected chi connectivity index (χ4v) is 3.42. The molecule has 1 amide bonds. The van der Waals surface area contributed by atoms with Crippen molar-refractivity contribution in [1.82, 2.24) is 19.6 Å². The number of carbonyl (C=O) groups excluding carboxylic acids is 1. The van der Waals surface area contributed by atoms with Crippen molar-refractivity contribution in [2.75, 3.05) is 12.8 Å². The molecular weight excluding hydrogens is 280 g/mol. The molecule has 2 N–H and O–H groups in total. The van der Waals surface area contributed by atoms with Gasteiger partial charge in [0.05, 0.1) is 12.6 Å². The van der Waals surface area contributed by atoms with E-state index in [4.69, 9.17) is 0 Å². The molecule has 2 unspecified atom stereocenters. The Labute approximate surface area is 118 Å². The number of carbonyl (C=O) groups is 1. The predicted molar refractivity (Wildman–Crippen MR) is 74.6 cm³/mol. The SMILES string of the molecule is Cn1cnc(C(=O)NCC2CCCC2NS(C)(=O)=O)c1. The topological polar surface area (TPSA) is 93.1 Å². The maximum absolute atomic E-state index is 11.9. The maximum atomic E-state index is 11.9. The van der Waals surface area contributed by atoms with Gasteiger partial charge in [0, 0.05) is 25.8 Å². The standard InChI is InChI=1S/C12H20N4O3S/c1-16-7-11(14-8-16)12(17)13-6-9-4-3-5-10(9)15-20(2,18)19/h7-10,15H,3-6H2,1-2H3,(H,13,17). The summed E-state index contributed by atoms with van der Waals surface area (Å²) in [6.45, 7) is 0.461. The zero-order valence-corrected chi connectivity index (χ0v) is 12.5. The smallest absolute Gasteiger partial charge is 0.271 e. The van der Waals surface area contributed by atoms with Crippen LogP contribution < -0.4 is 10.0 Å². The summed E-state index contributed by atoms with van der Waals surface area (Å²) in [7, 11) is -1.41. The number of nitrogens with one attached hydrogen (secondary N) is 2. The van der Waals surface area contributed by atoms with E-state index in [1.165, 1.54) is 0 Å². The van der Waals surface area contributed by atoms with Crippen molar-refractivity contribution in [3.63, 3.8) is 0 Å². The van der Waals surface area contributed by atoms with E-state index in [0.717, 1.165) is 25.5 Å². The first-order valence-electron chi connectivity index (χ1n) is 6.58. The van der Waals surface area contributed by atoms with E-state index in [1.807, 2.05) is 0 Å². The summed E-state index contributed by atoms with van der Waals surface area (Å²) in [5, 5.41) is 2.82. The Kier molecular flexibility index (Phi) is 4.44. The minimum absolute atomic E-state index is 0.0889. The Morgan fingerprint density at radius 3 is 2.85 bits per heavy atom. The molecule has 7 nitrogen and oxygen atoms in total. The van der Waals surface area contributed by atoms with Gasteiger partial charge in [-0.15, -0.1) is 0 Å². The monoisotopic (exact) mass is 300 g/mol. The van der Waals surface area contributed by atoms with Gasteiger partial charge in [-0.25, -0.2) is 18.1 Å². The molecule has 1 saturated carbocycles. The zero-order chi connectivity index (χ0) is 14.8. The molecular formula is C12H20N4O3S. The highest BCUT2D eigenvalue weighted by atomic mass is 32.2.